The number of phenolic OH excluding ortho intramolecular Hbond substituents is 1. The van der Waals surface area contributed by atoms with Crippen LogP contribution >= 0.6 is 23.2 Å². The van der Waals surface area contributed by atoms with E-state index in [0.717, 1.165) is 12.0 Å². The molecular formula is C21H22Cl2NNaO3. The van der Waals surface area contributed by atoms with Crippen molar-refractivity contribution in [3.8, 4) is 5.75 Å². The molecule has 1 N–H and O–H groups in total. The third-order valence-corrected chi connectivity index (χ3v) is 4.84. The molecule has 0 aliphatic carbocycles. The van der Waals surface area contributed by atoms with Crippen LogP contribution in [0.2, 0.25) is 10.0 Å². The van der Waals surface area contributed by atoms with Gasteiger partial charge in [0, 0.05) is 33.7 Å². The Balaban J connectivity index is 0.00000392. The van der Waals surface area contributed by atoms with E-state index in [9.17, 15) is 15.0 Å². The summed E-state index contributed by atoms with van der Waals surface area (Å²) in [5.74, 6) is -0.697. The minimum atomic E-state index is -1.04. The zero-order chi connectivity index (χ0) is 20.0. The number of carboxylic acids is 1. The number of carbonyl (C=O) groups is 1. The van der Waals surface area contributed by atoms with Crippen molar-refractivity contribution in [3.05, 3.63) is 63.1 Å². The Morgan fingerprint density at radius 3 is 2.39 bits per heavy atom. The van der Waals surface area contributed by atoms with Crippen LogP contribution in [0.5, 0.6) is 5.75 Å². The standard InChI is InChI=1S/C21H23Cl2NO3.Na/c1-13(3-8-19(25)26)9-10-24-20(15-4-6-16(22)7-5-15)18-12-17(23)11-14(2)21(18)27;/h4-7,11-13,27H,3,8-10H2,1-2H3,(H,25,26);/q;+1/p-1. The molecule has 0 heterocycles. The number of aryl methyl sites for hydroxylation is 1. The van der Waals surface area contributed by atoms with Crippen LogP contribution in [-0.2, 0) is 4.79 Å². The van der Waals surface area contributed by atoms with Gasteiger partial charge in [0.25, 0.3) is 0 Å². The van der Waals surface area contributed by atoms with Crippen molar-refractivity contribution in [1.29, 1.82) is 0 Å². The van der Waals surface area contributed by atoms with E-state index in [2.05, 4.69) is 0 Å². The van der Waals surface area contributed by atoms with Crippen LogP contribution in [0.25, 0.3) is 0 Å². The smallest absolute Gasteiger partial charge is 0.550 e. The van der Waals surface area contributed by atoms with Gasteiger partial charge in [-0.2, -0.15) is 0 Å². The number of carboxylic acid groups (broad SMARTS) is 1. The van der Waals surface area contributed by atoms with Gasteiger partial charge in [0.05, 0.1) is 5.71 Å². The molecule has 0 saturated carbocycles. The number of aliphatic carboxylic acids is 1. The molecule has 0 bridgehead atoms. The maximum Gasteiger partial charge on any atom is 1.00 e. The largest absolute Gasteiger partial charge is 1.00 e. The van der Waals surface area contributed by atoms with Gasteiger partial charge in [-0.3, -0.25) is 4.99 Å². The molecule has 4 nitrogen and oxygen atoms in total. The van der Waals surface area contributed by atoms with E-state index in [1.54, 1.807) is 31.2 Å². The SMILES string of the molecule is Cc1cc(Cl)cc(C(=NCCC(C)CCC(=O)[O-])c2ccc(Cl)cc2)c1O.[Na+]. The third-order valence-electron chi connectivity index (χ3n) is 4.37. The number of phenols is 1. The number of aliphatic imine (C=N–C) groups is 1. The van der Waals surface area contributed by atoms with Gasteiger partial charge < -0.3 is 15.0 Å². The van der Waals surface area contributed by atoms with E-state index in [0.29, 0.717) is 39.8 Å². The maximum atomic E-state index is 10.6. The van der Waals surface area contributed by atoms with Crippen LogP contribution in [0.15, 0.2) is 41.4 Å². The quantitative estimate of drug-likeness (QED) is 0.509. The van der Waals surface area contributed by atoms with E-state index < -0.39 is 5.97 Å². The first kappa shape index (κ1) is 25.0. The molecule has 7 heteroatoms. The second kappa shape index (κ2) is 11.8. The monoisotopic (exact) mass is 429 g/mol. The molecule has 0 radical (unpaired) electrons. The Bertz CT molecular complexity index is 838. The first-order chi connectivity index (χ1) is 12.8. The summed E-state index contributed by atoms with van der Waals surface area (Å²) in [5.41, 5.74) is 2.67. The minimum absolute atomic E-state index is 0. The normalized spacial score (nSPS) is 12.4. The number of carbonyl (C=O) groups excluding carboxylic acids is 1. The van der Waals surface area contributed by atoms with Crippen LogP contribution in [0, 0.1) is 12.8 Å². The molecule has 2 rings (SSSR count). The summed E-state index contributed by atoms with van der Waals surface area (Å²) in [5, 5.41) is 22.2. The number of halogens is 2. The van der Waals surface area contributed by atoms with Gasteiger partial charge in [0.1, 0.15) is 5.75 Å². The summed E-state index contributed by atoms with van der Waals surface area (Å²) in [7, 11) is 0. The number of benzene rings is 2. The van der Waals surface area contributed by atoms with Crippen LogP contribution in [0.1, 0.15) is 42.9 Å². The van der Waals surface area contributed by atoms with Crippen molar-refractivity contribution in [1.82, 2.24) is 0 Å². The van der Waals surface area contributed by atoms with Crippen molar-refractivity contribution in [3.63, 3.8) is 0 Å². The van der Waals surface area contributed by atoms with Gasteiger partial charge in [0.2, 0.25) is 0 Å². The maximum absolute atomic E-state index is 10.6. The summed E-state index contributed by atoms with van der Waals surface area (Å²) >= 11 is 12.2. The Hall–Kier alpha value is -1.04. The van der Waals surface area contributed by atoms with E-state index >= 15 is 0 Å². The van der Waals surface area contributed by atoms with Gasteiger partial charge >= 0.3 is 29.6 Å². The summed E-state index contributed by atoms with van der Waals surface area (Å²) in [6, 6.07) is 10.6. The molecule has 28 heavy (non-hydrogen) atoms. The minimum Gasteiger partial charge on any atom is -0.550 e. The van der Waals surface area contributed by atoms with Crippen molar-refractivity contribution in [2.45, 2.75) is 33.1 Å². The summed E-state index contributed by atoms with van der Waals surface area (Å²) in [6.45, 7) is 4.27. The third kappa shape index (κ3) is 7.41. The molecule has 0 aliphatic rings. The van der Waals surface area contributed by atoms with Gasteiger partial charge in [-0.05, 0) is 61.9 Å². The van der Waals surface area contributed by atoms with E-state index in [4.69, 9.17) is 28.2 Å². The van der Waals surface area contributed by atoms with Crippen LogP contribution in [0.4, 0.5) is 0 Å². The van der Waals surface area contributed by atoms with E-state index in [1.807, 2.05) is 19.1 Å². The Labute approximate surface area is 197 Å². The number of nitrogens with zero attached hydrogens (tertiary/aromatic N) is 1. The molecule has 144 valence electrons. The molecule has 0 fully saturated rings. The molecule has 0 aromatic heterocycles. The van der Waals surface area contributed by atoms with Crippen LogP contribution in [0.3, 0.4) is 0 Å². The second-order valence-electron chi connectivity index (χ2n) is 6.66. The fraction of sp³-hybridized carbons (Fsp3) is 0.333. The number of hydrogen-bond acceptors (Lipinski definition) is 4. The molecule has 1 unspecified atom stereocenters. The molecule has 0 aliphatic heterocycles. The Kier molecular flexibility index (Phi) is 10.6. The Morgan fingerprint density at radius 2 is 1.79 bits per heavy atom. The fourth-order valence-electron chi connectivity index (χ4n) is 2.76. The first-order valence-electron chi connectivity index (χ1n) is 8.77. The van der Waals surface area contributed by atoms with Crippen LogP contribution in [-0.4, -0.2) is 23.3 Å². The van der Waals surface area contributed by atoms with E-state index in [-0.39, 0.29) is 47.6 Å². The summed E-state index contributed by atoms with van der Waals surface area (Å²) < 4.78 is 0. The van der Waals surface area contributed by atoms with Gasteiger partial charge in [-0.1, -0.05) is 42.3 Å². The number of aromatic hydroxyl groups is 1. The average molecular weight is 430 g/mol. The second-order valence-corrected chi connectivity index (χ2v) is 7.53. The fourth-order valence-corrected chi connectivity index (χ4v) is 3.16. The predicted molar refractivity (Wildman–Crippen MR) is 108 cm³/mol. The van der Waals surface area contributed by atoms with Crippen molar-refractivity contribution < 1.29 is 44.6 Å². The summed E-state index contributed by atoms with van der Waals surface area (Å²) in [6.07, 6.45) is 1.32. The molecule has 0 amide bonds. The number of hydrogen-bond donors (Lipinski definition) is 1. The average Bonchev–Trinajstić information content (AvgIpc) is 2.61. The molecule has 0 spiro atoms. The van der Waals surface area contributed by atoms with Crippen molar-refractivity contribution in [2.75, 3.05) is 6.54 Å². The number of rotatable bonds is 8. The predicted octanol–water partition coefficient (Wildman–Crippen LogP) is 1.41. The summed E-state index contributed by atoms with van der Waals surface area (Å²) in [4.78, 5) is 15.3. The molecule has 1 atom stereocenters. The topological polar surface area (TPSA) is 72.7 Å². The van der Waals surface area contributed by atoms with Crippen molar-refractivity contribution >= 4 is 34.9 Å². The van der Waals surface area contributed by atoms with Gasteiger partial charge in [-0.15, -0.1) is 0 Å². The van der Waals surface area contributed by atoms with Gasteiger partial charge in [0.15, 0.2) is 0 Å². The Morgan fingerprint density at radius 1 is 1.14 bits per heavy atom. The zero-order valence-corrected chi connectivity index (χ0v) is 19.8. The van der Waals surface area contributed by atoms with Crippen LogP contribution < -0.4 is 34.7 Å². The first-order valence-corrected chi connectivity index (χ1v) is 9.53. The van der Waals surface area contributed by atoms with Gasteiger partial charge in [-0.25, -0.2) is 0 Å². The van der Waals surface area contributed by atoms with E-state index in [1.165, 1.54) is 0 Å². The molecular weight excluding hydrogens is 408 g/mol. The molecule has 2 aromatic rings. The molecule has 0 saturated heterocycles. The molecule has 2 aromatic carbocycles. The van der Waals surface area contributed by atoms with Crippen molar-refractivity contribution in [2.24, 2.45) is 10.9 Å². The zero-order valence-electron chi connectivity index (χ0n) is 16.3.